The molecule has 2 rings (SSSR count). The molecule has 0 spiro atoms. The Morgan fingerprint density at radius 1 is 1.53 bits per heavy atom. The van der Waals surface area contributed by atoms with Gasteiger partial charge in [0.25, 0.3) is 0 Å². The van der Waals surface area contributed by atoms with Crippen molar-refractivity contribution in [1.29, 1.82) is 0 Å². The Labute approximate surface area is 105 Å². The first-order valence-electron chi connectivity index (χ1n) is 5.67. The molecule has 0 radical (unpaired) electrons. The summed E-state index contributed by atoms with van der Waals surface area (Å²) in [5.74, 6) is 0.946. The summed E-state index contributed by atoms with van der Waals surface area (Å²) in [6, 6.07) is 7.76. The van der Waals surface area contributed by atoms with E-state index in [1.807, 2.05) is 30.5 Å². The number of thioether (sulfide) groups is 1. The maximum atomic E-state index is 11.8. The van der Waals surface area contributed by atoms with E-state index in [1.165, 1.54) is 0 Å². The van der Waals surface area contributed by atoms with Gasteiger partial charge in [0.15, 0.2) is 5.78 Å². The van der Waals surface area contributed by atoms with Crippen molar-refractivity contribution in [1.82, 2.24) is 0 Å². The Balaban J connectivity index is 1.90. The van der Waals surface area contributed by atoms with Crippen LogP contribution in [0, 0.1) is 5.92 Å². The molecule has 0 saturated carbocycles. The Hall–Kier alpha value is -1.00. The Morgan fingerprint density at radius 3 is 3.06 bits per heavy atom. The third kappa shape index (κ3) is 3.23. The number of hydrogen-bond donors (Lipinski definition) is 0. The van der Waals surface area contributed by atoms with E-state index >= 15 is 0 Å². The van der Waals surface area contributed by atoms with E-state index in [1.54, 1.807) is 11.8 Å². The Morgan fingerprint density at radius 2 is 2.35 bits per heavy atom. The molecule has 1 aliphatic heterocycles. The highest BCUT2D eigenvalue weighted by atomic mass is 32.2. The number of benzene rings is 1. The largest absolute Gasteiger partial charge is 0.485 e. The zero-order chi connectivity index (χ0) is 12.1. The fourth-order valence-corrected chi connectivity index (χ4v) is 2.34. The van der Waals surface area contributed by atoms with Crippen molar-refractivity contribution in [3.05, 3.63) is 24.3 Å². The van der Waals surface area contributed by atoms with E-state index in [0.717, 1.165) is 17.1 Å². The number of Topliss-reactive ketones (excluding diaryl/α,β-unsaturated/α-hetero) is 1. The summed E-state index contributed by atoms with van der Waals surface area (Å²) in [6.07, 6.45) is 2.82. The summed E-state index contributed by atoms with van der Waals surface area (Å²) in [5, 5.41) is 0. The Bertz CT molecular complexity index is 386. The fourth-order valence-electron chi connectivity index (χ4n) is 1.79. The third-order valence-corrected chi connectivity index (χ3v) is 3.60. The molecule has 3 nitrogen and oxygen atoms in total. The van der Waals surface area contributed by atoms with Gasteiger partial charge in [-0.1, -0.05) is 12.1 Å². The molecule has 1 unspecified atom stereocenters. The van der Waals surface area contributed by atoms with Gasteiger partial charge >= 0.3 is 0 Å². The molecule has 1 atom stereocenters. The third-order valence-electron chi connectivity index (χ3n) is 2.82. The number of para-hydroxylation sites is 1. The van der Waals surface area contributed by atoms with E-state index in [2.05, 4.69) is 0 Å². The lowest BCUT2D eigenvalue weighted by molar-refractivity contribution is -0.124. The quantitative estimate of drug-likeness (QED) is 0.754. The number of ketones is 1. The lowest BCUT2D eigenvalue weighted by atomic mass is 10.0. The molecule has 0 bridgehead atoms. The van der Waals surface area contributed by atoms with Crippen molar-refractivity contribution in [3.8, 4) is 5.75 Å². The molecule has 92 valence electrons. The molecule has 1 aromatic carbocycles. The zero-order valence-electron chi connectivity index (χ0n) is 9.85. The maximum Gasteiger partial charge on any atom is 0.175 e. The van der Waals surface area contributed by atoms with Gasteiger partial charge in [0.2, 0.25) is 0 Å². The molecule has 1 saturated heterocycles. The minimum Gasteiger partial charge on any atom is -0.485 e. The molecule has 4 heteroatoms. The van der Waals surface area contributed by atoms with Crippen LogP contribution in [0.25, 0.3) is 0 Å². The number of hydrogen-bond acceptors (Lipinski definition) is 4. The summed E-state index contributed by atoms with van der Waals surface area (Å²) in [5.41, 5.74) is 0. The molecule has 1 heterocycles. The van der Waals surface area contributed by atoms with Gasteiger partial charge < -0.3 is 9.47 Å². The molecule has 0 aromatic heterocycles. The summed E-state index contributed by atoms with van der Waals surface area (Å²) in [6.45, 7) is 1.38. The van der Waals surface area contributed by atoms with Crippen molar-refractivity contribution in [2.45, 2.75) is 11.3 Å². The molecule has 0 N–H and O–H groups in total. The van der Waals surface area contributed by atoms with Gasteiger partial charge in [-0.15, -0.1) is 11.8 Å². The van der Waals surface area contributed by atoms with E-state index in [-0.39, 0.29) is 18.3 Å². The maximum absolute atomic E-state index is 11.8. The highest BCUT2D eigenvalue weighted by molar-refractivity contribution is 7.98. The van der Waals surface area contributed by atoms with Crippen LogP contribution in [0.5, 0.6) is 5.75 Å². The van der Waals surface area contributed by atoms with Crippen molar-refractivity contribution in [2.75, 3.05) is 26.1 Å². The van der Waals surface area contributed by atoms with Gasteiger partial charge in [0.05, 0.1) is 6.61 Å². The molecular formula is C13H16O3S. The number of ether oxygens (including phenoxy) is 2. The molecule has 0 amide bonds. The molecular weight excluding hydrogens is 236 g/mol. The van der Waals surface area contributed by atoms with Gasteiger partial charge in [0.1, 0.15) is 12.4 Å². The zero-order valence-corrected chi connectivity index (χ0v) is 10.7. The van der Waals surface area contributed by atoms with Crippen LogP contribution in [0.1, 0.15) is 6.42 Å². The van der Waals surface area contributed by atoms with Crippen LogP contribution < -0.4 is 4.74 Å². The second-order valence-corrected chi connectivity index (χ2v) is 4.81. The SMILES string of the molecule is CSc1ccccc1OCC(=O)C1CCOC1. The van der Waals surface area contributed by atoms with E-state index in [9.17, 15) is 4.79 Å². The molecule has 1 aliphatic rings. The standard InChI is InChI=1S/C13H16O3S/c1-17-13-5-3-2-4-12(13)16-9-11(14)10-6-7-15-8-10/h2-5,10H,6-9H2,1H3. The van der Waals surface area contributed by atoms with Crippen LogP contribution in [0.4, 0.5) is 0 Å². The Kier molecular flexibility index (Phi) is 4.45. The van der Waals surface area contributed by atoms with Crippen molar-refractivity contribution < 1.29 is 14.3 Å². The molecule has 17 heavy (non-hydrogen) atoms. The van der Waals surface area contributed by atoms with Gasteiger partial charge in [-0.2, -0.15) is 0 Å². The number of carbonyl (C=O) groups excluding carboxylic acids is 1. The van der Waals surface area contributed by atoms with Crippen molar-refractivity contribution in [2.24, 2.45) is 5.92 Å². The van der Waals surface area contributed by atoms with Crippen molar-refractivity contribution >= 4 is 17.5 Å². The second kappa shape index (κ2) is 6.07. The lowest BCUT2D eigenvalue weighted by Gasteiger charge is -2.11. The van der Waals surface area contributed by atoms with E-state index in [0.29, 0.717) is 13.2 Å². The van der Waals surface area contributed by atoms with Crippen molar-refractivity contribution in [3.63, 3.8) is 0 Å². The second-order valence-electron chi connectivity index (χ2n) is 3.97. The minimum atomic E-state index is 0.0245. The number of carbonyl (C=O) groups is 1. The fraction of sp³-hybridized carbons (Fsp3) is 0.462. The van der Waals surface area contributed by atoms with Crippen LogP contribution in [0.15, 0.2) is 29.2 Å². The summed E-state index contributed by atoms with van der Waals surface area (Å²) >= 11 is 1.62. The molecule has 0 aliphatic carbocycles. The predicted molar refractivity (Wildman–Crippen MR) is 67.7 cm³/mol. The highest BCUT2D eigenvalue weighted by Crippen LogP contribution is 2.27. The summed E-state index contributed by atoms with van der Waals surface area (Å²) < 4.78 is 10.8. The van der Waals surface area contributed by atoms with Crippen LogP contribution in [0.2, 0.25) is 0 Å². The molecule has 1 aromatic rings. The first-order chi connectivity index (χ1) is 8.31. The van der Waals surface area contributed by atoms with Crippen LogP contribution >= 0.6 is 11.8 Å². The average molecular weight is 252 g/mol. The van der Waals surface area contributed by atoms with Crippen LogP contribution in [-0.2, 0) is 9.53 Å². The van der Waals surface area contributed by atoms with Gasteiger partial charge in [0, 0.05) is 17.4 Å². The topological polar surface area (TPSA) is 35.5 Å². The van der Waals surface area contributed by atoms with Gasteiger partial charge in [-0.25, -0.2) is 0 Å². The predicted octanol–water partition coefficient (Wildman–Crippen LogP) is 2.39. The average Bonchev–Trinajstić information content (AvgIpc) is 2.90. The highest BCUT2D eigenvalue weighted by Gasteiger charge is 2.23. The monoisotopic (exact) mass is 252 g/mol. The molecule has 1 fully saturated rings. The smallest absolute Gasteiger partial charge is 0.175 e. The van der Waals surface area contributed by atoms with Crippen LogP contribution in [0.3, 0.4) is 0 Å². The first-order valence-corrected chi connectivity index (χ1v) is 6.90. The normalized spacial score (nSPS) is 19.2. The van der Waals surface area contributed by atoms with E-state index in [4.69, 9.17) is 9.47 Å². The summed E-state index contributed by atoms with van der Waals surface area (Å²) in [4.78, 5) is 12.9. The van der Waals surface area contributed by atoms with Gasteiger partial charge in [-0.05, 0) is 24.8 Å². The minimum absolute atomic E-state index is 0.0245. The van der Waals surface area contributed by atoms with Gasteiger partial charge in [-0.3, -0.25) is 4.79 Å². The lowest BCUT2D eigenvalue weighted by Crippen LogP contribution is -2.21. The van der Waals surface area contributed by atoms with Crippen LogP contribution in [-0.4, -0.2) is 31.9 Å². The summed E-state index contributed by atoms with van der Waals surface area (Å²) in [7, 11) is 0. The first kappa shape index (κ1) is 12.5. The number of rotatable bonds is 5. The van der Waals surface area contributed by atoms with E-state index < -0.39 is 0 Å².